The first kappa shape index (κ1) is 10.8. The van der Waals surface area contributed by atoms with E-state index in [-0.39, 0.29) is 0 Å². The van der Waals surface area contributed by atoms with Crippen molar-refractivity contribution < 1.29 is 9.21 Å². The van der Waals surface area contributed by atoms with Crippen LogP contribution in [0.5, 0.6) is 0 Å². The van der Waals surface area contributed by atoms with Gasteiger partial charge in [0, 0.05) is 11.7 Å². The van der Waals surface area contributed by atoms with Crippen molar-refractivity contribution in [1.82, 2.24) is 0 Å². The van der Waals surface area contributed by atoms with Crippen LogP contribution in [0.4, 0.5) is 0 Å². The highest BCUT2D eigenvalue weighted by atomic mass is 32.2. The molecule has 0 aromatic carbocycles. The zero-order chi connectivity index (χ0) is 10.5. The highest BCUT2D eigenvalue weighted by Gasteiger charge is 2.16. The number of carbonyl (C=O) groups is 1. The number of furan rings is 1. The van der Waals surface area contributed by atoms with Crippen LogP contribution in [0.1, 0.15) is 31.2 Å². The average Bonchev–Trinajstić information content (AvgIpc) is 2.86. The Labute approximate surface area is 94.4 Å². The molecule has 1 heterocycles. The van der Waals surface area contributed by atoms with E-state index in [1.165, 1.54) is 25.7 Å². The maximum absolute atomic E-state index is 11.6. The Hall–Kier alpha value is -0.700. The molecule has 82 valence electrons. The molecule has 0 saturated heterocycles. The highest BCUT2D eigenvalue weighted by molar-refractivity contribution is 8.00. The molecule has 1 aliphatic carbocycles. The maximum Gasteiger partial charge on any atom is 0.147 e. The molecule has 0 radical (unpaired) electrons. The summed E-state index contributed by atoms with van der Waals surface area (Å²) >= 11 is 1.83. The molecule has 2 nitrogen and oxygen atoms in total. The SMILES string of the molecule is O=C(CSC1CCCC1)Cc1ccoc1. The second-order valence-electron chi connectivity index (χ2n) is 4.06. The predicted molar refractivity (Wildman–Crippen MR) is 62.1 cm³/mol. The number of hydrogen-bond acceptors (Lipinski definition) is 3. The van der Waals surface area contributed by atoms with Gasteiger partial charge in [0.15, 0.2) is 0 Å². The van der Waals surface area contributed by atoms with E-state index >= 15 is 0 Å². The lowest BCUT2D eigenvalue weighted by molar-refractivity contribution is -0.116. The summed E-state index contributed by atoms with van der Waals surface area (Å²) in [6, 6.07) is 1.86. The van der Waals surface area contributed by atoms with Gasteiger partial charge in [-0.05, 0) is 24.5 Å². The number of hydrogen-bond donors (Lipinski definition) is 0. The van der Waals surface area contributed by atoms with Crippen molar-refractivity contribution in [2.75, 3.05) is 5.75 Å². The Bertz CT molecular complexity index is 299. The summed E-state index contributed by atoms with van der Waals surface area (Å²) < 4.78 is 4.93. The standard InChI is InChI=1S/C12H16O2S/c13-11(7-10-5-6-14-8-10)9-15-12-3-1-2-4-12/h5-6,8,12H,1-4,7,9H2. The van der Waals surface area contributed by atoms with Crippen molar-refractivity contribution in [1.29, 1.82) is 0 Å². The van der Waals surface area contributed by atoms with E-state index in [1.807, 2.05) is 17.8 Å². The lowest BCUT2D eigenvalue weighted by atomic mass is 10.2. The van der Waals surface area contributed by atoms with Gasteiger partial charge in [-0.1, -0.05) is 12.8 Å². The molecule has 0 N–H and O–H groups in total. The molecule has 0 unspecified atom stereocenters. The van der Waals surface area contributed by atoms with Crippen molar-refractivity contribution >= 4 is 17.5 Å². The molecule has 15 heavy (non-hydrogen) atoms. The fraction of sp³-hybridized carbons (Fsp3) is 0.583. The molecule has 0 aliphatic heterocycles. The van der Waals surface area contributed by atoms with Crippen molar-refractivity contribution in [3.63, 3.8) is 0 Å². The van der Waals surface area contributed by atoms with Crippen LogP contribution >= 0.6 is 11.8 Å². The van der Waals surface area contributed by atoms with E-state index in [4.69, 9.17) is 4.42 Å². The Kier molecular flexibility index (Phi) is 3.89. The van der Waals surface area contributed by atoms with E-state index < -0.39 is 0 Å². The fourth-order valence-corrected chi connectivity index (χ4v) is 3.13. The Morgan fingerprint density at radius 1 is 1.47 bits per heavy atom. The minimum absolute atomic E-state index is 0.313. The Morgan fingerprint density at radius 3 is 2.93 bits per heavy atom. The largest absolute Gasteiger partial charge is 0.472 e. The molecular weight excluding hydrogens is 208 g/mol. The zero-order valence-corrected chi connectivity index (χ0v) is 9.59. The number of carbonyl (C=O) groups excluding carboxylic acids is 1. The average molecular weight is 224 g/mol. The first-order valence-electron chi connectivity index (χ1n) is 5.49. The normalized spacial score (nSPS) is 17.1. The van der Waals surface area contributed by atoms with E-state index in [1.54, 1.807) is 12.5 Å². The van der Waals surface area contributed by atoms with Crippen molar-refractivity contribution in [3.8, 4) is 0 Å². The van der Waals surface area contributed by atoms with Crippen LogP contribution in [0.25, 0.3) is 0 Å². The third-order valence-corrected chi connectivity index (χ3v) is 4.20. The summed E-state index contributed by atoms with van der Waals surface area (Å²) in [5, 5.41) is 0.735. The second kappa shape index (κ2) is 5.40. The first-order chi connectivity index (χ1) is 7.34. The number of ketones is 1. The molecular formula is C12H16O2S. The first-order valence-corrected chi connectivity index (χ1v) is 6.54. The van der Waals surface area contributed by atoms with Gasteiger partial charge in [-0.2, -0.15) is 11.8 Å². The fourth-order valence-electron chi connectivity index (χ4n) is 1.94. The number of rotatable bonds is 5. The smallest absolute Gasteiger partial charge is 0.147 e. The van der Waals surface area contributed by atoms with Crippen molar-refractivity contribution in [3.05, 3.63) is 24.2 Å². The van der Waals surface area contributed by atoms with E-state index in [9.17, 15) is 4.79 Å². The summed E-state index contributed by atoms with van der Waals surface area (Å²) in [5.74, 6) is 0.976. The molecule has 0 spiro atoms. The minimum Gasteiger partial charge on any atom is -0.472 e. The van der Waals surface area contributed by atoms with Gasteiger partial charge in [0.05, 0.1) is 18.3 Å². The van der Waals surface area contributed by atoms with Crippen LogP contribution in [-0.2, 0) is 11.2 Å². The van der Waals surface area contributed by atoms with Crippen LogP contribution < -0.4 is 0 Å². The van der Waals surface area contributed by atoms with Crippen LogP contribution in [0.15, 0.2) is 23.0 Å². The van der Waals surface area contributed by atoms with Crippen LogP contribution in [-0.4, -0.2) is 16.8 Å². The topological polar surface area (TPSA) is 30.2 Å². The lowest BCUT2D eigenvalue weighted by Gasteiger charge is -2.06. The van der Waals surface area contributed by atoms with Gasteiger partial charge < -0.3 is 4.42 Å². The Balaban J connectivity index is 1.68. The lowest BCUT2D eigenvalue weighted by Crippen LogP contribution is -2.08. The van der Waals surface area contributed by atoms with Crippen LogP contribution in [0.3, 0.4) is 0 Å². The molecule has 0 bridgehead atoms. The highest BCUT2D eigenvalue weighted by Crippen LogP contribution is 2.29. The molecule has 1 saturated carbocycles. The summed E-state index contributed by atoms with van der Waals surface area (Å²) in [6.45, 7) is 0. The summed E-state index contributed by atoms with van der Waals surface area (Å²) in [6.07, 6.45) is 9.07. The zero-order valence-electron chi connectivity index (χ0n) is 8.78. The third-order valence-electron chi connectivity index (χ3n) is 2.76. The van der Waals surface area contributed by atoms with Crippen molar-refractivity contribution in [2.24, 2.45) is 0 Å². The summed E-state index contributed by atoms with van der Waals surface area (Å²) in [5.41, 5.74) is 0.993. The molecule has 1 aromatic heterocycles. The maximum atomic E-state index is 11.6. The minimum atomic E-state index is 0.313. The summed E-state index contributed by atoms with van der Waals surface area (Å²) in [4.78, 5) is 11.6. The summed E-state index contributed by atoms with van der Waals surface area (Å²) in [7, 11) is 0. The van der Waals surface area contributed by atoms with E-state index in [0.717, 1.165) is 10.8 Å². The number of thioether (sulfide) groups is 1. The van der Waals surface area contributed by atoms with E-state index in [2.05, 4.69) is 0 Å². The third kappa shape index (κ3) is 3.42. The van der Waals surface area contributed by atoms with Gasteiger partial charge in [-0.3, -0.25) is 4.79 Å². The van der Waals surface area contributed by atoms with Gasteiger partial charge in [0.1, 0.15) is 5.78 Å². The van der Waals surface area contributed by atoms with Gasteiger partial charge in [-0.25, -0.2) is 0 Å². The molecule has 1 aromatic rings. The monoisotopic (exact) mass is 224 g/mol. The molecule has 3 heteroatoms. The van der Waals surface area contributed by atoms with Crippen molar-refractivity contribution in [2.45, 2.75) is 37.4 Å². The van der Waals surface area contributed by atoms with Gasteiger partial charge in [0.2, 0.25) is 0 Å². The number of Topliss-reactive ketones (excluding diaryl/α,β-unsaturated/α-hetero) is 1. The molecule has 0 amide bonds. The van der Waals surface area contributed by atoms with Gasteiger partial charge in [0.25, 0.3) is 0 Å². The second-order valence-corrected chi connectivity index (χ2v) is 5.35. The quantitative estimate of drug-likeness (QED) is 0.770. The molecule has 2 rings (SSSR count). The van der Waals surface area contributed by atoms with Gasteiger partial charge in [-0.15, -0.1) is 0 Å². The molecule has 1 aliphatic rings. The molecule has 1 fully saturated rings. The Morgan fingerprint density at radius 2 is 2.27 bits per heavy atom. The van der Waals surface area contributed by atoms with Crippen LogP contribution in [0.2, 0.25) is 0 Å². The predicted octanol–water partition coefficient (Wildman–Crippen LogP) is 3.07. The van der Waals surface area contributed by atoms with Crippen LogP contribution in [0, 0.1) is 0 Å². The molecule has 0 atom stereocenters. The van der Waals surface area contributed by atoms with Gasteiger partial charge >= 0.3 is 0 Å². The van der Waals surface area contributed by atoms with E-state index in [0.29, 0.717) is 18.0 Å².